The second-order valence-corrected chi connectivity index (χ2v) is 3.48. The van der Waals surface area contributed by atoms with E-state index < -0.39 is 5.50 Å². The largest absolute Gasteiger partial charge is 0.292 e. The molecule has 0 N–H and O–H groups in total. The van der Waals surface area contributed by atoms with Crippen molar-refractivity contribution in [1.29, 1.82) is 0 Å². The predicted octanol–water partition coefficient (Wildman–Crippen LogP) is 1.15. The molecule has 1 heterocycles. The van der Waals surface area contributed by atoms with Crippen LogP contribution in [-0.4, -0.2) is 28.8 Å². The molecule has 0 radical (unpaired) electrons. The van der Waals surface area contributed by atoms with Crippen LogP contribution < -0.4 is 0 Å². The summed E-state index contributed by atoms with van der Waals surface area (Å²) >= 11 is 5.89. The Morgan fingerprint density at radius 1 is 1.55 bits per heavy atom. The Hall–Kier alpha value is -0.340. The summed E-state index contributed by atoms with van der Waals surface area (Å²) in [6.45, 7) is 0.838. The second kappa shape index (κ2) is 2.61. The molecule has 2 nitrogen and oxygen atoms in total. The molecule has 0 saturated heterocycles. The Kier molecular flexibility index (Phi) is 1.74. The second-order valence-electron chi connectivity index (χ2n) is 3.07. The van der Waals surface area contributed by atoms with Crippen molar-refractivity contribution in [3.8, 4) is 0 Å². The van der Waals surface area contributed by atoms with Crippen LogP contribution in [0.1, 0.15) is 12.8 Å². The van der Waals surface area contributed by atoms with Crippen molar-refractivity contribution in [3.63, 3.8) is 0 Å². The van der Waals surface area contributed by atoms with Crippen LogP contribution >= 0.6 is 11.6 Å². The number of rotatable bonds is 1. The van der Waals surface area contributed by atoms with E-state index in [-0.39, 0.29) is 5.78 Å². The maximum absolute atomic E-state index is 11.1. The van der Waals surface area contributed by atoms with E-state index in [9.17, 15) is 4.79 Å². The van der Waals surface area contributed by atoms with E-state index in [2.05, 4.69) is 4.90 Å². The Morgan fingerprint density at radius 2 is 2.27 bits per heavy atom. The molecule has 1 fully saturated rings. The average Bonchev–Trinajstić information content (AvgIpc) is 2.77. The first-order valence-electron chi connectivity index (χ1n) is 3.89. The molecule has 0 aromatic carbocycles. The fourth-order valence-corrected chi connectivity index (χ4v) is 1.68. The lowest BCUT2D eigenvalue weighted by Crippen LogP contribution is -2.40. The molecule has 1 unspecified atom stereocenters. The number of hydrogen-bond donors (Lipinski definition) is 0. The highest BCUT2D eigenvalue weighted by molar-refractivity contribution is 6.32. The number of halogens is 1. The molecular formula is C8H10ClNO. The first-order valence-corrected chi connectivity index (χ1v) is 4.33. The number of hydrogen-bond acceptors (Lipinski definition) is 2. The van der Waals surface area contributed by atoms with Gasteiger partial charge in [-0.3, -0.25) is 9.69 Å². The molecule has 1 atom stereocenters. The van der Waals surface area contributed by atoms with Crippen LogP contribution in [0.15, 0.2) is 12.2 Å². The molecule has 2 aliphatic rings. The van der Waals surface area contributed by atoms with E-state index in [0.717, 1.165) is 6.54 Å². The van der Waals surface area contributed by atoms with Gasteiger partial charge in [0.05, 0.1) is 0 Å². The summed E-state index contributed by atoms with van der Waals surface area (Å²) in [6.07, 6.45) is 5.87. The lowest BCUT2D eigenvalue weighted by Gasteiger charge is -2.26. The van der Waals surface area contributed by atoms with Crippen LogP contribution in [0.2, 0.25) is 0 Å². The summed E-state index contributed by atoms with van der Waals surface area (Å²) in [7, 11) is 0. The molecule has 0 amide bonds. The number of ketones is 1. The van der Waals surface area contributed by atoms with Gasteiger partial charge in [0.25, 0.3) is 0 Å². The van der Waals surface area contributed by atoms with Crippen molar-refractivity contribution in [1.82, 2.24) is 4.90 Å². The minimum absolute atomic E-state index is 0.0322. The van der Waals surface area contributed by atoms with Gasteiger partial charge in [0, 0.05) is 12.6 Å². The molecular weight excluding hydrogens is 162 g/mol. The summed E-state index contributed by atoms with van der Waals surface area (Å²) in [5, 5.41) is 0. The Balaban J connectivity index is 2.10. The number of carbonyl (C=O) groups is 1. The summed E-state index contributed by atoms with van der Waals surface area (Å²) in [6, 6.07) is 0.575. The van der Waals surface area contributed by atoms with Crippen LogP contribution in [0.4, 0.5) is 0 Å². The minimum Gasteiger partial charge on any atom is -0.292 e. The Bertz CT molecular complexity index is 210. The van der Waals surface area contributed by atoms with E-state index in [1.54, 1.807) is 6.08 Å². The summed E-state index contributed by atoms with van der Waals surface area (Å²) in [5.41, 5.74) is -0.396. The maximum Gasteiger partial charge on any atom is 0.187 e. The van der Waals surface area contributed by atoms with Crippen LogP contribution in [0.3, 0.4) is 0 Å². The zero-order chi connectivity index (χ0) is 7.84. The van der Waals surface area contributed by atoms with Gasteiger partial charge in [-0.15, -0.1) is 0 Å². The highest BCUT2D eigenvalue weighted by Crippen LogP contribution is 2.31. The third-order valence-corrected chi connectivity index (χ3v) is 2.61. The lowest BCUT2D eigenvalue weighted by molar-refractivity contribution is -0.117. The van der Waals surface area contributed by atoms with Gasteiger partial charge >= 0.3 is 0 Å². The molecule has 2 rings (SSSR count). The molecule has 1 aliphatic carbocycles. The van der Waals surface area contributed by atoms with Crippen LogP contribution in [0.25, 0.3) is 0 Å². The van der Waals surface area contributed by atoms with Crippen molar-refractivity contribution in [3.05, 3.63) is 12.2 Å². The smallest absolute Gasteiger partial charge is 0.187 e. The van der Waals surface area contributed by atoms with Crippen molar-refractivity contribution < 1.29 is 4.79 Å². The van der Waals surface area contributed by atoms with Gasteiger partial charge < -0.3 is 0 Å². The first kappa shape index (κ1) is 7.32. The molecule has 11 heavy (non-hydrogen) atoms. The van der Waals surface area contributed by atoms with Crippen LogP contribution in [0, 0.1) is 0 Å². The number of alkyl halides is 1. The summed E-state index contributed by atoms with van der Waals surface area (Å²) < 4.78 is 0. The lowest BCUT2D eigenvalue weighted by atomic mass is 10.2. The van der Waals surface area contributed by atoms with E-state index in [1.807, 2.05) is 6.08 Å². The van der Waals surface area contributed by atoms with Gasteiger partial charge in [0.2, 0.25) is 0 Å². The fourth-order valence-electron chi connectivity index (χ4n) is 1.37. The molecule has 0 aromatic rings. The fraction of sp³-hybridized carbons (Fsp3) is 0.625. The summed E-state index contributed by atoms with van der Waals surface area (Å²) in [4.78, 5) is 13.1. The van der Waals surface area contributed by atoms with E-state index >= 15 is 0 Å². The SMILES string of the molecule is O=C1C=CCN(C2CC2)C1Cl. The van der Waals surface area contributed by atoms with Gasteiger partial charge in [-0.1, -0.05) is 17.7 Å². The quantitative estimate of drug-likeness (QED) is 0.436. The molecule has 3 heteroatoms. The monoisotopic (exact) mass is 171 g/mol. The predicted molar refractivity (Wildman–Crippen MR) is 43.5 cm³/mol. The first-order chi connectivity index (χ1) is 5.29. The van der Waals surface area contributed by atoms with Crippen molar-refractivity contribution >= 4 is 17.4 Å². The normalized spacial score (nSPS) is 32.8. The zero-order valence-electron chi connectivity index (χ0n) is 6.16. The highest BCUT2D eigenvalue weighted by atomic mass is 35.5. The van der Waals surface area contributed by atoms with Crippen molar-refractivity contribution in [2.24, 2.45) is 0 Å². The maximum atomic E-state index is 11.1. The standard InChI is InChI=1S/C8H10ClNO/c9-8-7(11)2-1-5-10(8)6-3-4-6/h1-2,6,8H,3-5H2. The molecule has 60 valence electrons. The molecule has 0 spiro atoms. The van der Waals surface area contributed by atoms with E-state index in [1.165, 1.54) is 12.8 Å². The van der Waals surface area contributed by atoms with Crippen LogP contribution in [-0.2, 0) is 4.79 Å². The minimum atomic E-state index is -0.396. The third kappa shape index (κ3) is 1.33. The third-order valence-electron chi connectivity index (χ3n) is 2.14. The van der Waals surface area contributed by atoms with Gasteiger partial charge in [-0.25, -0.2) is 0 Å². The Labute approximate surface area is 70.8 Å². The molecule has 0 bridgehead atoms. The number of nitrogens with zero attached hydrogens (tertiary/aromatic N) is 1. The Morgan fingerprint density at radius 3 is 2.91 bits per heavy atom. The topological polar surface area (TPSA) is 20.3 Å². The van der Waals surface area contributed by atoms with Crippen molar-refractivity contribution in [2.45, 2.75) is 24.4 Å². The van der Waals surface area contributed by atoms with Gasteiger partial charge in [0.1, 0.15) is 5.50 Å². The highest BCUT2D eigenvalue weighted by Gasteiger charge is 2.36. The van der Waals surface area contributed by atoms with E-state index in [4.69, 9.17) is 11.6 Å². The van der Waals surface area contributed by atoms with Crippen molar-refractivity contribution in [2.75, 3.05) is 6.54 Å². The van der Waals surface area contributed by atoms with Gasteiger partial charge in [-0.05, 0) is 18.9 Å². The molecule has 1 saturated carbocycles. The van der Waals surface area contributed by atoms with Gasteiger partial charge in [0.15, 0.2) is 5.78 Å². The molecule has 1 aliphatic heterocycles. The average molecular weight is 172 g/mol. The van der Waals surface area contributed by atoms with E-state index in [0.29, 0.717) is 6.04 Å². The number of carbonyl (C=O) groups excluding carboxylic acids is 1. The van der Waals surface area contributed by atoms with Crippen LogP contribution in [0.5, 0.6) is 0 Å². The van der Waals surface area contributed by atoms with Gasteiger partial charge in [-0.2, -0.15) is 0 Å². The summed E-state index contributed by atoms with van der Waals surface area (Å²) in [5.74, 6) is 0.0322. The zero-order valence-corrected chi connectivity index (χ0v) is 6.92. The molecule has 0 aromatic heterocycles.